The van der Waals surface area contributed by atoms with Gasteiger partial charge >= 0.3 is 0 Å². The minimum absolute atomic E-state index is 0.140. The first-order chi connectivity index (χ1) is 10.6. The molecule has 2 heterocycles. The fourth-order valence-electron chi connectivity index (χ4n) is 2.49. The van der Waals surface area contributed by atoms with E-state index in [4.69, 9.17) is 14.7 Å². The molecule has 3 rings (SSSR count). The smallest absolute Gasteiger partial charge is 0.286 e. The summed E-state index contributed by atoms with van der Waals surface area (Å²) in [6, 6.07) is 6.32. The number of hydrogen-bond acceptors (Lipinski definition) is 7. The largest absolute Gasteiger partial charge is 0.319 e. The average Bonchev–Trinajstić information content (AvgIpc) is 3.03. The molecule has 2 aliphatic rings. The molecule has 22 heavy (non-hydrogen) atoms. The molecule has 3 N–H and O–H groups in total. The van der Waals surface area contributed by atoms with Gasteiger partial charge in [-0.15, -0.1) is 5.06 Å². The zero-order chi connectivity index (χ0) is 15.7. The number of nitrogens with zero attached hydrogens (tertiary/aromatic N) is 2. The summed E-state index contributed by atoms with van der Waals surface area (Å²) in [6.45, 7) is 0.775. The van der Waals surface area contributed by atoms with Crippen molar-refractivity contribution >= 4 is 20.3 Å². The molecule has 1 aromatic rings. The highest BCUT2D eigenvalue weighted by atomic mass is 31.2. The SMILES string of the molecule is NP(OC[C@@H]1CCCN1O)ON1C(=O)c2ccccc2C1=O. The van der Waals surface area contributed by atoms with Crippen LogP contribution in [-0.4, -0.2) is 46.3 Å². The molecule has 0 spiro atoms. The maximum atomic E-state index is 12.1. The lowest BCUT2D eigenvalue weighted by molar-refractivity contribution is -0.112. The van der Waals surface area contributed by atoms with E-state index in [1.165, 1.54) is 5.06 Å². The molecule has 8 nitrogen and oxygen atoms in total. The number of hydroxylamine groups is 4. The maximum absolute atomic E-state index is 12.1. The number of hydrogen-bond donors (Lipinski definition) is 2. The summed E-state index contributed by atoms with van der Waals surface area (Å²) in [6.07, 6.45) is 1.68. The fourth-order valence-corrected chi connectivity index (χ4v) is 3.17. The van der Waals surface area contributed by atoms with Crippen LogP contribution in [-0.2, 0) is 9.15 Å². The molecule has 0 aromatic heterocycles. The van der Waals surface area contributed by atoms with E-state index in [1.54, 1.807) is 24.3 Å². The Bertz CT molecular complexity index is 564. The van der Waals surface area contributed by atoms with Gasteiger partial charge < -0.3 is 9.73 Å². The molecule has 9 heteroatoms. The summed E-state index contributed by atoms with van der Waals surface area (Å²) in [5.41, 5.74) is 6.28. The quantitative estimate of drug-likeness (QED) is 0.620. The number of benzene rings is 1. The van der Waals surface area contributed by atoms with Crippen LogP contribution >= 0.6 is 8.53 Å². The van der Waals surface area contributed by atoms with Gasteiger partial charge in [0.1, 0.15) is 0 Å². The van der Waals surface area contributed by atoms with Crippen LogP contribution in [0.25, 0.3) is 0 Å². The van der Waals surface area contributed by atoms with Crippen LogP contribution in [0.4, 0.5) is 0 Å². The van der Waals surface area contributed by atoms with Crippen molar-refractivity contribution in [3.63, 3.8) is 0 Å². The Hall–Kier alpha value is -1.41. The van der Waals surface area contributed by atoms with Crippen molar-refractivity contribution in [3.8, 4) is 0 Å². The Morgan fingerprint density at radius 2 is 1.91 bits per heavy atom. The van der Waals surface area contributed by atoms with Crippen LogP contribution in [0.15, 0.2) is 24.3 Å². The van der Waals surface area contributed by atoms with Crippen molar-refractivity contribution in [2.75, 3.05) is 13.2 Å². The molecule has 0 radical (unpaired) electrons. The highest BCUT2D eigenvalue weighted by Gasteiger charge is 2.38. The van der Waals surface area contributed by atoms with E-state index >= 15 is 0 Å². The number of carbonyl (C=O) groups is 2. The molecule has 0 bridgehead atoms. The summed E-state index contributed by atoms with van der Waals surface area (Å²) < 4.78 is 10.5. The van der Waals surface area contributed by atoms with Gasteiger partial charge in [-0.3, -0.25) is 15.1 Å². The van der Waals surface area contributed by atoms with Crippen LogP contribution in [0.5, 0.6) is 0 Å². The molecule has 1 unspecified atom stereocenters. The average molecular weight is 325 g/mol. The minimum Gasteiger partial charge on any atom is -0.319 e. The topological polar surface area (TPSA) is 105 Å². The second-order valence-corrected chi connectivity index (χ2v) is 6.06. The number of amides is 2. The Morgan fingerprint density at radius 1 is 1.27 bits per heavy atom. The van der Waals surface area contributed by atoms with Crippen LogP contribution in [0.1, 0.15) is 33.6 Å². The predicted molar refractivity (Wildman–Crippen MR) is 76.6 cm³/mol. The highest BCUT2D eigenvalue weighted by Crippen LogP contribution is 2.35. The zero-order valence-corrected chi connectivity index (χ0v) is 12.6. The molecule has 0 saturated carbocycles. The van der Waals surface area contributed by atoms with Crippen LogP contribution in [0, 0.1) is 0 Å². The van der Waals surface area contributed by atoms with Crippen molar-refractivity contribution in [1.29, 1.82) is 0 Å². The van der Waals surface area contributed by atoms with Gasteiger partial charge in [-0.2, -0.15) is 9.69 Å². The van der Waals surface area contributed by atoms with Crippen molar-refractivity contribution < 1.29 is 23.9 Å². The molecule has 1 saturated heterocycles. The highest BCUT2D eigenvalue weighted by molar-refractivity contribution is 7.44. The number of nitrogens with two attached hydrogens (primary N) is 1. The number of rotatable bonds is 5. The van der Waals surface area contributed by atoms with E-state index in [-0.39, 0.29) is 23.8 Å². The molecule has 0 aliphatic carbocycles. The molecular formula is C13H16N3O5P. The second-order valence-electron chi connectivity index (χ2n) is 5.07. The van der Waals surface area contributed by atoms with Gasteiger partial charge in [0.2, 0.25) is 0 Å². The Labute approximate surface area is 128 Å². The van der Waals surface area contributed by atoms with Crippen molar-refractivity contribution in [2.45, 2.75) is 18.9 Å². The third-order valence-electron chi connectivity index (χ3n) is 3.66. The van der Waals surface area contributed by atoms with E-state index in [0.717, 1.165) is 12.8 Å². The molecular weight excluding hydrogens is 309 g/mol. The third kappa shape index (κ3) is 2.89. The first kappa shape index (κ1) is 15.5. The van der Waals surface area contributed by atoms with Gasteiger partial charge in [0.05, 0.1) is 23.8 Å². The summed E-state index contributed by atoms with van der Waals surface area (Å²) in [7, 11) is -1.94. The monoisotopic (exact) mass is 325 g/mol. The van der Waals surface area contributed by atoms with Gasteiger partial charge in [0.25, 0.3) is 20.3 Å². The normalized spacial score (nSPS) is 23.2. The lowest BCUT2D eigenvalue weighted by Gasteiger charge is -2.21. The lowest BCUT2D eigenvalue weighted by Crippen LogP contribution is -2.32. The summed E-state index contributed by atoms with van der Waals surface area (Å²) in [5, 5.41) is 11.4. The van der Waals surface area contributed by atoms with Gasteiger partial charge in [-0.25, -0.2) is 0 Å². The van der Waals surface area contributed by atoms with Crippen molar-refractivity contribution in [3.05, 3.63) is 35.4 Å². The first-order valence-corrected chi connectivity index (χ1v) is 8.12. The van der Waals surface area contributed by atoms with E-state index < -0.39 is 20.3 Å². The minimum atomic E-state index is -1.94. The van der Waals surface area contributed by atoms with Crippen LogP contribution in [0.2, 0.25) is 0 Å². The Balaban J connectivity index is 1.57. The van der Waals surface area contributed by atoms with E-state index in [9.17, 15) is 14.8 Å². The van der Waals surface area contributed by atoms with Gasteiger partial charge in [-0.05, 0) is 25.0 Å². The molecule has 2 amide bonds. The van der Waals surface area contributed by atoms with Crippen LogP contribution < -0.4 is 5.50 Å². The second kappa shape index (κ2) is 6.37. The predicted octanol–water partition coefficient (Wildman–Crippen LogP) is 1.27. The van der Waals surface area contributed by atoms with Crippen molar-refractivity contribution in [2.24, 2.45) is 5.50 Å². The lowest BCUT2D eigenvalue weighted by atomic mass is 10.1. The number of imide groups is 1. The Morgan fingerprint density at radius 3 is 2.45 bits per heavy atom. The summed E-state index contributed by atoms with van der Waals surface area (Å²) >= 11 is 0. The summed E-state index contributed by atoms with van der Waals surface area (Å²) in [5.74, 6) is -1.10. The fraction of sp³-hybridized carbons (Fsp3) is 0.385. The van der Waals surface area contributed by atoms with Gasteiger partial charge in [0.15, 0.2) is 0 Å². The van der Waals surface area contributed by atoms with Crippen molar-refractivity contribution in [1.82, 2.24) is 10.1 Å². The van der Waals surface area contributed by atoms with E-state index in [1.807, 2.05) is 0 Å². The standard InChI is InChI=1S/C13H16N3O5P/c14-22(20-8-9-4-3-7-15(9)19)21-16-12(17)10-5-1-2-6-11(10)13(16)18/h1-2,5-6,9,19H,3-4,7-8,14H2/t9-,22?/m0/s1. The molecule has 1 aromatic carbocycles. The number of fused-ring (bicyclic) bond motifs is 1. The Kier molecular flexibility index (Phi) is 4.49. The first-order valence-electron chi connectivity index (χ1n) is 6.87. The third-order valence-corrected chi connectivity index (χ3v) is 4.39. The summed E-state index contributed by atoms with van der Waals surface area (Å²) in [4.78, 5) is 24.2. The van der Waals surface area contributed by atoms with Gasteiger partial charge in [-0.1, -0.05) is 12.1 Å². The molecule has 1 fully saturated rings. The molecule has 2 atom stereocenters. The van der Waals surface area contributed by atoms with Gasteiger partial charge in [0, 0.05) is 6.54 Å². The zero-order valence-electron chi connectivity index (χ0n) is 11.7. The maximum Gasteiger partial charge on any atom is 0.286 e. The van der Waals surface area contributed by atoms with E-state index in [0.29, 0.717) is 11.6 Å². The number of carbonyl (C=O) groups excluding carboxylic acids is 2. The van der Waals surface area contributed by atoms with E-state index in [2.05, 4.69) is 0 Å². The van der Waals surface area contributed by atoms with Crippen LogP contribution in [0.3, 0.4) is 0 Å². The molecule has 2 aliphatic heterocycles. The molecule has 118 valence electrons.